The Hall–Kier alpha value is -0.700. The molecule has 116 valence electrons. The highest BCUT2D eigenvalue weighted by atomic mass is 32.2. The van der Waals surface area contributed by atoms with E-state index in [0.717, 1.165) is 13.1 Å². The number of amides is 1. The normalized spacial score (nSPS) is 22.9. The Bertz CT molecular complexity index is 426. The van der Waals surface area contributed by atoms with Gasteiger partial charge in [-0.2, -0.15) is 4.31 Å². The van der Waals surface area contributed by atoms with Crippen molar-refractivity contribution in [3.05, 3.63) is 0 Å². The first kappa shape index (κ1) is 15.7. The van der Waals surface area contributed by atoms with Crippen molar-refractivity contribution in [2.75, 3.05) is 65.2 Å². The SMILES string of the molecule is CN1CCN(C(=O)CCS(=O)(=O)N2CCNCC2)CC1. The molecule has 0 aromatic carbocycles. The highest BCUT2D eigenvalue weighted by Crippen LogP contribution is 2.08. The van der Waals surface area contributed by atoms with Crippen LogP contribution in [0.25, 0.3) is 0 Å². The number of likely N-dealkylation sites (N-methyl/N-ethyl adjacent to an activating group) is 1. The number of sulfonamides is 1. The zero-order chi connectivity index (χ0) is 14.6. The van der Waals surface area contributed by atoms with Crippen LogP contribution in [-0.4, -0.2) is 93.6 Å². The monoisotopic (exact) mass is 304 g/mol. The molecule has 20 heavy (non-hydrogen) atoms. The number of carbonyl (C=O) groups excluding carboxylic acids is 1. The van der Waals surface area contributed by atoms with Crippen molar-refractivity contribution in [3.63, 3.8) is 0 Å². The topological polar surface area (TPSA) is 73.0 Å². The maximum atomic E-state index is 12.1. The molecule has 0 atom stereocenters. The number of hydrogen-bond donors (Lipinski definition) is 1. The van der Waals surface area contributed by atoms with Crippen LogP contribution in [0, 0.1) is 0 Å². The molecular weight excluding hydrogens is 280 g/mol. The predicted molar refractivity (Wildman–Crippen MR) is 76.9 cm³/mol. The molecule has 0 aromatic rings. The Morgan fingerprint density at radius 2 is 1.65 bits per heavy atom. The second-order valence-electron chi connectivity index (χ2n) is 5.40. The summed E-state index contributed by atoms with van der Waals surface area (Å²) in [5.41, 5.74) is 0. The second-order valence-corrected chi connectivity index (χ2v) is 7.49. The Labute approximate surface area is 120 Å². The molecule has 0 spiro atoms. The van der Waals surface area contributed by atoms with E-state index >= 15 is 0 Å². The van der Waals surface area contributed by atoms with E-state index in [2.05, 4.69) is 10.2 Å². The van der Waals surface area contributed by atoms with E-state index in [1.165, 1.54) is 4.31 Å². The third-order valence-corrected chi connectivity index (χ3v) is 5.77. The van der Waals surface area contributed by atoms with Gasteiger partial charge in [0.05, 0.1) is 5.75 Å². The van der Waals surface area contributed by atoms with Gasteiger partial charge in [-0.1, -0.05) is 0 Å². The van der Waals surface area contributed by atoms with Crippen LogP contribution in [-0.2, 0) is 14.8 Å². The van der Waals surface area contributed by atoms with Crippen molar-refractivity contribution in [1.82, 2.24) is 19.4 Å². The smallest absolute Gasteiger partial charge is 0.223 e. The quantitative estimate of drug-likeness (QED) is 0.676. The molecule has 0 saturated carbocycles. The zero-order valence-corrected chi connectivity index (χ0v) is 12.9. The first-order valence-corrected chi connectivity index (χ1v) is 8.75. The molecule has 7 nitrogen and oxygen atoms in total. The standard InChI is InChI=1S/C12H24N4O3S/c1-14-7-9-15(10-8-14)12(17)2-11-20(18,19)16-5-3-13-4-6-16/h13H,2-11H2,1H3. The van der Waals surface area contributed by atoms with Crippen molar-refractivity contribution in [3.8, 4) is 0 Å². The molecule has 0 aromatic heterocycles. The fourth-order valence-electron chi connectivity index (χ4n) is 2.48. The van der Waals surface area contributed by atoms with Gasteiger partial charge in [0.2, 0.25) is 15.9 Å². The van der Waals surface area contributed by atoms with Crippen molar-refractivity contribution in [2.45, 2.75) is 6.42 Å². The summed E-state index contributed by atoms with van der Waals surface area (Å²) in [6.07, 6.45) is 0.0932. The van der Waals surface area contributed by atoms with E-state index in [1.54, 1.807) is 4.90 Å². The number of nitrogens with one attached hydrogen (secondary N) is 1. The largest absolute Gasteiger partial charge is 0.340 e. The minimum absolute atomic E-state index is 0.0446. The zero-order valence-electron chi connectivity index (χ0n) is 12.0. The van der Waals surface area contributed by atoms with Crippen molar-refractivity contribution >= 4 is 15.9 Å². The summed E-state index contributed by atoms with van der Waals surface area (Å²) in [5.74, 6) is -0.116. The molecule has 8 heteroatoms. The molecule has 2 aliphatic rings. The third-order valence-electron chi connectivity index (χ3n) is 3.90. The van der Waals surface area contributed by atoms with Gasteiger partial charge in [-0.05, 0) is 7.05 Å². The molecule has 1 N–H and O–H groups in total. The van der Waals surface area contributed by atoms with Gasteiger partial charge in [0.25, 0.3) is 0 Å². The highest BCUT2D eigenvalue weighted by Gasteiger charge is 2.26. The number of rotatable bonds is 4. The Morgan fingerprint density at radius 3 is 2.25 bits per heavy atom. The maximum Gasteiger partial charge on any atom is 0.223 e. The minimum Gasteiger partial charge on any atom is -0.340 e. The molecule has 0 aliphatic carbocycles. The highest BCUT2D eigenvalue weighted by molar-refractivity contribution is 7.89. The Morgan fingerprint density at radius 1 is 1.05 bits per heavy atom. The lowest BCUT2D eigenvalue weighted by Gasteiger charge is -2.32. The summed E-state index contributed by atoms with van der Waals surface area (Å²) in [7, 11) is -1.27. The van der Waals surface area contributed by atoms with Crippen LogP contribution < -0.4 is 5.32 Å². The lowest BCUT2D eigenvalue weighted by molar-refractivity contribution is -0.132. The van der Waals surface area contributed by atoms with Gasteiger partial charge in [-0.3, -0.25) is 4.79 Å². The van der Waals surface area contributed by atoms with Crippen molar-refractivity contribution in [1.29, 1.82) is 0 Å². The van der Waals surface area contributed by atoms with E-state index in [0.29, 0.717) is 39.3 Å². The molecule has 2 saturated heterocycles. The molecule has 0 unspecified atom stereocenters. The van der Waals surface area contributed by atoms with Gasteiger partial charge < -0.3 is 15.1 Å². The van der Waals surface area contributed by atoms with E-state index in [-0.39, 0.29) is 18.1 Å². The summed E-state index contributed by atoms with van der Waals surface area (Å²) in [6, 6.07) is 0. The van der Waals surface area contributed by atoms with Crippen LogP contribution in [0.15, 0.2) is 0 Å². The minimum atomic E-state index is -3.29. The molecule has 2 rings (SSSR count). The summed E-state index contributed by atoms with van der Waals surface area (Å²) in [4.78, 5) is 16.0. The van der Waals surface area contributed by atoms with Gasteiger partial charge in [-0.25, -0.2) is 8.42 Å². The molecule has 0 bridgehead atoms. The van der Waals surface area contributed by atoms with E-state index < -0.39 is 10.0 Å². The number of piperazine rings is 2. The van der Waals surface area contributed by atoms with Gasteiger partial charge in [0.1, 0.15) is 0 Å². The van der Waals surface area contributed by atoms with Crippen LogP contribution in [0.5, 0.6) is 0 Å². The number of hydrogen-bond acceptors (Lipinski definition) is 5. The molecule has 2 aliphatic heterocycles. The Balaban J connectivity index is 1.80. The first-order valence-electron chi connectivity index (χ1n) is 7.14. The average molecular weight is 304 g/mol. The molecule has 2 fully saturated rings. The van der Waals surface area contributed by atoms with Crippen LogP contribution in [0.4, 0.5) is 0 Å². The van der Waals surface area contributed by atoms with Gasteiger partial charge in [-0.15, -0.1) is 0 Å². The fourth-order valence-corrected chi connectivity index (χ4v) is 3.91. The van der Waals surface area contributed by atoms with Crippen LogP contribution in [0.3, 0.4) is 0 Å². The molecule has 1 amide bonds. The molecular formula is C12H24N4O3S. The average Bonchev–Trinajstić information content (AvgIpc) is 2.46. The van der Waals surface area contributed by atoms with Crippen LogP contribution in [0.1, 0.15) is 6.42 Å². The summed E-state index contributed by atoms with van der Waals surface area (Å²) < 4.78 is 25.8. The third kappa shape index (κ3) is 4.15. The molecule has 2 heterocycles. The van der Waals surface area contributed by atoms with E-state index in [1.807, 2.05) is 7.05 Å². The lowest BCUT2D eigenvalue weighted by atomic mass is 10.3. The van der Waals surface area contributed by atoms with Crippen molar-refractivity contribution < 1.29 is 13.2 Å². The van der Waals surface area contributed by atoms with Crippen molar-refractivity contribution in [2.24, 2.45) is 0 Å². The van der Waals surface area contributed by atoms with Gasteiger partial charge >= 0.3 is 0 Å². The van der Waals surface area contributed by atoms with E-state index in [4.69, 9.17) is 0 Å². The maximum absolute atomic E-state index is 12.1. The van der Waals surface area contributed by atoms with Gasteiger partial charge in [0, 0.05) is 58.8 Å². The second kappa shape index (κ2) is 6.84. The molecule has 0 radical (unpaired) electrons. The number of carbonyl (C=O) groups is 1. The Kier molecular flexibility index (Phi) is 5.36. The summed E-state index contributed by atoms with van der Waals surface area (Å²) in [5, 5.41) is 3.12. The van der Waals surface area contributed by atoms with Gasteiger partial charge in [0.15, 0.2) is 0 Å². The van der Waals surface area contributed by atoms with E-state index in [9.17, 15) is 13.2 Å². The summed E-state index contributed by atoms with van der Waals surface area (Å²) in [6.45, 7) is 5.49. The van der Waals surface area contributed by atoms with Crippen LogP contribution in [0.2, 0.25) is 0 Å². The summed E-state index contributed by atoms with van der Waals surface area (Å²) >= 11 is 0. The number of nitrogens with zero attached hydrogens (tertiary/aromatic N) is 3. The first-order chi connectivity index (χ1) is 9.49. The fraction of sp³-hybridized carbons (Fsp3) is 0.917. The van der Waals surface area contributed by atoms with Crippen LogP contribution >= 0.6 is 0 Å². The lowest BCUT2D eigenvalue weighted by Crippen LogP contribution is -2.49. The predicted octanol–water partition coefficient (Wildman–Crippen LogP) is -1.61.